The van der Waals surface area contributed by atoms with Gasteiger partial charge in [-0.05, 0) is 44.4 Å². The van der Waals surface area contributed by atoms with Gasteiger partial charge in [0.25, 0.3) is 10.2 Å². The molecule has 2 heterocycles. The zero-order valence-corrected chi connectivity index (χ0v) is 12.6. The van der Waals surface area contributed by atoms with Crippen molar-refractivity contribution in [3.63, 3.8) is 0 Å². The van der Waals surface area contributed by atoms with E-state index in [-0.39, 0.29) is 12.5 Å². The smallest absolute Gasteiger partial charge is 0.279 e. The van der Waals surface area contributed by atoms with Crippen LogP contribution in [0, 0.1) is 12.8 Å². The maximum atomic E-state index is 12.3. The van der Waals surface area contributed by atoms with E-state index in [1.54, 1.807) is 0 Å². The molecule has 1 fully saturated rings. The minimum atomic E-state index is -3.45. The van der Waals surface area contributed by atoms with Crippen molar-refractivity contribution >= 4 is 10.2 Å². The van der Waals surface area contributed by atoms with Crippen molar-refractivity contribution in [2.75, 3.05) is 19.6 Å². The molecule has 1 saturated heterocycles. The molecule has 1 aromatic rings. The number of pyridine rings is 1. The average molecular weight is 298 g/mol. The van der Waals surface area contributed by atoms with Gasteiger partial charge in [-0.1, -0.05) is 6.07 Å². The molecule has 3 N–H and O–H groups in total. The molecular weight excluding hydrogens is 276 g/mol. The molecule has 1 unspecified atom stereocenters. The van der Waals surface area contributed by atoms with Crippen molar-refractivity contribution in [3.8, 4) is 0 Å². The number of nitrogens with one attached hydrogen (secondary N) is 1. The van der Waals surface area contributed by atoms with Crippen molar-refractivity contribution in [3.05, 3.63) is 29.6 Å². The van der Waals surface area contributed by atoms with Crippen LogP contribution in [0.15, 0.2) is 18.2 Å². The summed E-state index contributed by atoms with van der Waals surface area (Å²) in [6.45, 7) is 3.70. The Labute approximate surface area is 120 Å². The molecule has 1 aromatic heterocycles. The number of hydrogen-bond donors (Lipinski definition) is 2. The van der Waals surface area contributed by atoms with Crippen LogP contribution in [-0.2, 0) is 16.8 Å². The van der Waals surface area contributed by atoms with Crippen LogP contribution in [0.5, 0.6) is 0 Å². The number of rotatable bonds is 5. The molecule has 112 valence electrons. The second-order valence-corrected chi connectivity index (χ2v) is 6.95. The summed E-state index contributed by atoms with van der Waals surface area (Å²) in [5, 5.41) is 0. The van der Waals surface area contributed by atoms with Crippen LogP contribution in [-0.4, -0.2) is 37.3 Å². The zero-order valence-electron chi connectivity index (χ0n) is 11.7. The molecule has 0 spiro atoms. The summed E-state index contributed by atoms with van der Waals surface area (Å²) < 4.78 is 28.6. The summed E-state index contributed by atoms with van der Waals surface area (Å²) in [5.74, 6) is 0.261. The van der Waals surface area contributed by atoms with Crippen LogP contribution in [0.4, 0.5) is 0 Å². The first kappa shape index (κ1) is 15.4. The highest BCUT2D eigenvalue weighted by Crippen LogP contribution is 2.17. The normalized spacial score (nSPS) is 21.0. The van der Waals surface area contributed by atoms with E-state index in [0.29, 0.717) is 19.6 Å². The zero-order chi connectivity index (χ0) is 14.6. The van der Waals surface area contributed by atoms with E-state index >= 15 is 0 Å². The van der Waals surface area contributed by atoms with E-state index in [4.69, 9.17) is 5.73 Å². The van der Waals surface area contributed by atoms with Gasteiger partial charge in [0.05, 0.1) is 12.2 Å². The SMILES string of the molecule is Cc1cccc(CNS(=O)(=O)N2CCCC(CN)C2)n1. The van der Waals surface area contributed by atoms with Crippen molar-refractivity contribution in [1.29, 1.82) is 0 Å². The van der Waals surface area contributed by atoms with Gasteiger partial charge in [0, 0.05) is 18.8 Å². The third-order valence-corrected chi connectivity index (χ3v) is 5.06. The molecule has 20 heavy (non-hydrogen) atoms. The molecular formula is C13H22N4O2S. The van der Waals surface area contributed by atoms with Crippen molar-refractivity contribution in [2.45, 2.75) is 26.3 Å². The first-order valence-electron chi connectivity index (χ1n) is 6.88. The molecule has 0 amide bonds. The van der Waals surface area contributed by atoms with Gasteiger partial charge < -0.3 is 5.73 Å². The largest absolute Gasteiger partial charge is 0.330 e. The Kier molecular flexibility index (Phi) is 5.09. The standard InChI is InChI=1S/C13H22N4O2S/c1-11-4-2-6-13(16-11)9-15-20(18,19)17-7-3-5-12(8-14)10-17/h2,4,6,12,15H,3,5,7-10,14H2,1H3. The minimum absolute atomic E-state index is 0.216. The maximum Gasteiger partial charge on any atom is 0.279 e. The number of hydrogen-bond acceptors (Lipinski definition) is 4. The van der Waals surface area contributed by atoms with Crippen LogP contribution >= 0.6 is 0 Å². The Morgan fingerprint density at radius 3 is 3.00 bits per heavy atom. The molecule has 2 rings (SSSR count). The van der Waals surface area contributed by atoms with E-state index < -0.39 is 10.2 Å². The van der Waals surface area contributed by atoms with Gasteiger partial charge in [-0.15, -0.1) is 0 Å². The molecule has 7 heteroatoms. The summed E-state index contributed by atoms with van der Waals surface area (Å²) in [6.07, 6.45) is 1.87. The second-order valence-electron chi connectivity index (χ2n) is 5.20. The topological polar surface area (TPSA) is 88.3 Å². The second kappa shape index (κ2) is 6.62. The fourth-order valence-electron chi connectivity index (χ4n) is 2.39. The van der Waals surface area contributed by atoms with Gasteiger partial charge in [-0.3, -0.25) is 4.98 Å². The van der Waals surface area contributed by atoms with E-state index in [9.17, 15) is 8.42 Å². The summed E-state index contributed by atoms with van der Waals surface area (Å²) in [5.41, 5.74) is 7.24. The van der Waals surface area contributed by atoms with Gasteiger partial charge in [0.2, 0.25) is 0 Å². The number of nitrogens with zero attached hydrogens (tertiary/aromatic N) is 2. The molecule has 0 radical (unpaired) electrons. The van der Waals surface area contributed by atoms with Gasteiger partial charge in [0.1, 0.15) is 0 Å². The molecule has 0 aromatic carbocycles. The van der Waals surface area contributed by atoms with E-state index in [1.807, 2.05) is 25.1 Å². The Balaban J connectivity index is 1.97. The van der Waals surface area contributed by atoms with Crippen LogP contribution in [0.1, 0.15) is 24.2 Å². The third kappa shape index (κ3) is 3.99. The number of aryl methyl sites for hydroxylation is 1. The molecule has 0 bridgehead atoms. The molecule has 1 atom stereocenters. The van der Waals surface area contributed by atoms with Crippen LogP contribution in [0.2, 0.25) is 0 Å². The van der Waals surface area contributed by atoms with Crippen LogP contribution in [0.25, 0.3) is 0 Å². The predicted octanol–water partition coefficient (Wildman–Crippen LogP) is 0.395. The fraction of sp³-hybridized carbons (Fsp3) is 0.615. The minimum Gasteiger partial charge on any atom is -0.330 e. The number of aromatic nitrogens is 1. The number of nitrogens with two attached hydrogens (primary N) is 1. The molecule has 0 saturated carbocycles. The average Bonchev–Trinajstić information content (AvgIpc) is 2.45. The van der Waals surface area contributed by atoms with Gasteiger partial charge in [-0.25, -0.2) is 0 Å². The fourth-order valence-corrected chi connectivity index (χ4v) is 3.68. The highest BCUT2D eigenvalue weighted by Gasteiger charge is 2.27. The highest BCUT2D eigenvalue weighted by molar-refractivity contribution is 7.87. The maximum absolute atomic E-state index is 12.3. The summed E-state index contributed by atoms with van der Waals surface area (Å²) in [6, 6.07) is 5.57. The molecule has 6 nitrogen and oxygen atoms in total. The van der Waals surface area contributed by atoms with E-state index in [2.05, 4.69) is 9.71 Å². The summed E-state index contributed by atoms with van der Waals surface area (Å²) in [4.78, 5) is 4.29. The van der Waals surface area contributed by atoms with Crippen molar-refractivity contribution < 1.29 is 8.42 Å². The predicted molar refractivity (Wildman–Crippen MR) is 78.1 cm³/mol. The lowest BCUT2D eigenvalue weighted by atomic mass is 10.0. The Morgan fingerprint density at radius 2 is 2.30 bits per heavy atom. The third-order valence-electron chi connectivity index (χ3n) is 3.54. The quantitative estimate of drug-likeness (QED) is 0.823. The summed E-state index contributed by atoms with van der Waals surface area (Å²) in [7, 11) is -3.45. The highest BCUT2D eigenvalue weighted by atomic mass is 32.2. The summed E-state index contributed by atoms with van der Waals surface area (Å²) >= 11 is 0. The van der Waals surface area contributed by atoms with E-state index in [1.165, 1.54) is 4.31 Å². The van der Waals surface area contributed by atoms with Gasteiger partial charge >= 0.3 is 0 Å². The molecule has 0 aliphatic carbocycles. The van der Waals surface area contributed by atoms with Crippen LogP contribution < -0.4 is 10.5 Å². The van der Waals surface area contributed by atoms with Crippen molar-refractivity contribution in [1.82, 2.24) is 14.0 Å². The van der Waals surface area contributed by atoms with Crippen LogP contribution in [0.3, 0.4) is 0 Å². The lowest BCUT2D eigenvalue weighted by molar-refractivity contribution is 0.268. The van der Waals surface area contributed by atoms with E-state index in [0.717, 1.165) is 24.2 Å². The molecule has 1 aliphatic rings. The first-order valence-corrected chi connectivity index (χ1v) is 8.32. The van der Waals surface area contributed by atoms with Gasteiger partial charge in [0.15, 0.2) is 0 Å². The Hall–Kier alpha value is -1.02. The molecule has 1 aliphatic heterocycles. The lowest BCUT2D eigenvalue weighted by Crippen LogP contribution is -2.47. The van der Waals surface area contributed by atoms with Crippen molar-refractivity contribution in [2.24, 2.45) is 11.7 Å². The lowest BCUT2D eigenvalue weighted by Gasteiger charge is -2.31. The van der Waals surface area contributed by atoms with Gasteiger partial charge in [-0.2, -0.15) is 17.4 Å². The first-order chi connectivity index (χ1) is 9.51. The Morgan fingerprint density at radius 1 is 1.50 bits per heavy atom. The number of piperidine rings is 1. The monoisotopic (exact) mass is 298 g/mol. The Bertz CT molecular complexity index is 547.